The Bertz CT molecular complexity index is 850. The van der Waals surface area contributed by atoms with Crippen LogP contribution in [-0.2, 0) is 0 Å². The van der Waals surface area contributed by atoms with Crippen molar-refractivity contribution in [1.82, 2.24) is 15.3 Å². The number of benzene rings is 2. The molecule has 0 radical (unpaired) electrons. The molecule has 1 aromatic heterocycles. The zero-order valence-corrected chi connectivity index (χ0v) is 12.6. The first kappa shape index (κ1) is 13.9. The van der Waals surface area contributed by atoms with Crippen molar-refractivity contribution >= 4 is 22.6 Å². The first-order valence-electron chi connectivity index (χ1n) is 6.74. The maximum Gasteiger partial charge on any atom is 0.323 e. The van der Waals surface area contributed by atoms with Crippen LogP contribution < -0.4 is 11.0 Å². The maximum atomic E-state index is 11.4. The van der Waals surface area contributed by atoms with E-state index in [1.807, 2.05) is 50.4 Å². The summed E-state index contributed by atoms with van der Waals surface area (Å²) in [6, 6.07) is 11.9. The fourth-order valence-corrected chi connectivity index (χ4v) is 2.94. The Kier molecular flexibility index (Phi) is 3.57. The molecule has 0 fully saturated rings. The predicted octanol–water partition coefficient (Wildman–Crippen LogP) is 3.13. The Morgan fingerprint density at radius 2 is 1.86 bits per heavy atom. The second kappa shape index (κ2) is 5.39. The number of aromatic nitrogens is 2. The quantitative estimate of drug-likeness (QED) is 0.696. The molecule has 21 heavy (non-hydrogen) atoms. The molecule has 1 unspecified atom stereocenters. The number of aryl methyl sites for hydroxylation is 1. The number of H-pyrrole nitrogens is 2. The summed E-state index contributed by atoms with van der Waals surface area (Å²) in [5, 5.41) is 4.01. The first-order valence-corrected chi connectivity index (χ1v) is 7.11. The Morgan fingerprint density at radius 1 is 1.10 bits per heavy atom. The van der Waals surface area contributed by atoms with Crippen molar-refractivity contribution in [2.75, 3.05) is 7.05 Å². The van der Waals surface area contributed by atoms with Gasteiger partial charge >= 0.3 is 5.69 Å². The molecule has 0 aliphatic carbocycles. The van der Waals surface area contributed by atoms with Gasteiger partial charge in [-0.05, 0) is 48.9 Å². The number of hydrogen-bond donors (Lipinski definition) is 3. The first-order chi connectivity index (χ1) is 10.1. The van der Waals surface area contributed by atoms with Crippen molar-refractivity contribution in [3.8, 4) is 0 Å². The van der Waals surface area contributed by atoms with E-state index in [1.165, 1.54) is 0 Å². The summed E-state index contributed by atoms with van der Waals surface area (Å²) in [7, 11) is 1.89. The Balaban J connectivity index is 2.10. The minimum absolute atomic E-state index is 0.0269. The summed E-state index contributed by atoms with van der Waals surface area (Å²) in [4.78, 5) is 16.9. The van der Waals surface area contributed by atoms with Gasteiger partial charge in [-0.1, -0.05) is 29.8 Å². The largest absolute Gasteiger partial charge is 0.323 e. The van der Waals surface area contributed by atoms with Crippen molar-refractivity contribution in [1.29, 1.82) is 0 Å². The van der Waals surface area contributed by atoms with Crippen LogP contribution in [0.4, 0.5) is 0 Å². The summed E-state index contributed by atoms with van der Waals surface area (Å²) in [6.45, 7) is 2.01. The summed E-state index contributed by atoms with van der Waals surface area (Å²) in [5.41, 5.74) is 4.59. The van der Waals surface area contributed by atoms with Gasteiger partial charge < -0.3 is 15.3 Å². The van der Waals surface area contributed by atoms with Crippen LogP contribution in [0.2, 0.25) is 5.02 Å². The third-order valence-electron chi connectivity index (χ3n) is 3.63. The number of rotatable bonds is 3. The molecule has 108 valence electrons. The van der Waals surface area contributed by atoms with Crippen LogP contribution in [0.25, 0.3) is 11.0 Å². The highest BCUT2D eigenvalue weighted by Gasteiger charge is 2.16. The van der Waals surface area contributed by atoms with Crippen molar-refractivity contribution in [3.63, 3.8) is 0 Å². The van der Waals surface area contributed by atoms with Gasteiger partial charge in [0.05, 0.1) is 17.1 Å². The van der Waals surface area contributed by atoms with Crippen LogP contribution in [-0.4, -0.2) is 17.0 Å². The molecule has 1 atom stereocenters. The normalized spacial score (nSPS) is 12.7. The molecule has 0 amide bonds. The van der Waals surface area contributed by atoms with Crippen LogP contribution >= 0.6 is 11.6 Å². The fourth-order valence-electron chi connectivity index (χ4n) is 2.60. The highest BCUT2D eigenvalue weighted by atomic mass is 35.5. The second-order valence-corrected chi connectivity index (χ2v) is 5.54. The van der Waals surface area contributed by atoms with Crippen molar-refractivity contribution in [2.45, 2.75) is 13.0 Å². The number of imidazole rings is 1. The average Bonchev–Trinajstić information content (AvgIpc) is 2.81. The molecule has 3 rings (SSSR count). The number of nitrogens with one attached hydrogen (secondary N) is 3. The molecule has 1 heterocycles. The topological polar surface area (TPSA) is 60.7 Å². The van der Waals surface area contributed by atoms with E-state index < -0.39 is 0 Å². The van der Waals surface area contributed by atoms with E-state index >= 15 is 0 Å². The Morgan fingerprint density at radius 3 is 2.57 bits per heavy atom. The SMILES string of the molecule is CNC(c1ccc2[nH]c(=O)[nH]c2c1)c1ccc(C)cc1Cl. The second-order valence-electron chi connectivity index (χ2n) is 5.13. The minimum atomic E-state index is -0.198. The van der Waals surface area contributed by atoms with E-state index in [9.17, 15) is 4.79 Å². The molecule has 0 saturated heterocycles. The van der Waals surface area contributed by atoms with E-state index in [-0.39, 0.29) is 11.7 Å². The predicted molar refractivity (Wildman–Crippen MR) is 86.0 cm³/mol. The maximum absolute atomic E-state index is 11.4. The highest BCUT2D eigenvalue weighted by molar-refractivity contribution is 6.31. The van der Waals surface area contributed by atoms with Gasteiger partial charge in [-0.25, -0.2) is 4.79 Å². The molecule has 5 heteroatoms. The van der Waals surface area contributed by atoms with Crippen LogP contribution in [0.5, 0.6) is 0 Å². The average molecular weight is 302 g/mol. The smallest absolute Gasteiger partial charge is 0.309 e. The lowest BCUT2D eigenvalue weighted by molar-refractivity contribution is 0.692. The molecular weight excluding hydrogens is 286 g/mol. The number of aromatic amines is 2. The minimum Gasteiger partial charge on any atom is -0.309 e. The summed E-state index contributed by atoms with van der Waals surface area (Å²) < 4.78 is 0. The fraction of sp³-hybridized carbons (Fsp3) is 0.188. The van der Waals surface area contributed by atoms with Crippen molar-refractivity contribution in [2.24, 2.45) is 0 Å². The molecule has 3 aromatic rings. The molecule has 0 aliphatic heterocycles. The zero-order chi connectivity index (χ0) is 15.0. The van der Waals surface area contributed by atoms with Crippen LogP contribution in [0.15, 0.2) is 41.2 Å². The van der Waals surface area contributed by atoms with Gasteiger partial charge in [0.15, 0.2) is 0 Å². The van der Waals surface area contributed by atoms with Gasteiger partial charge in [0.1, 0.15) is 0 Å². The summed E-state index contributed by atoms with van der Waals surface area (Å²) in [6.07, 6.45) is 0. The highest BCUT2D eigenvalue weighted by Crippen LogP contribution is 2.29. The van der Waals surface area contributed by atoms with E-state index in [4.69, 9.17) is 11.6 Å². The third kappa shape index (κ3) is 2.60. The molecule has 0 spiro atoms. The van der Waals surface area contributed by atoms with E-state index in [2.05, 4.69) is 15.3 Å². The van der Waals surface area contributed by atoms with Gasteiger partial charge in [0.2, 0.25) is 0 Å². The number of fused-ring (bicyclic) bond motifs is 1. The molecule has 4 nitrogen and oxygen atoms in total. The van der Waals surface area contributed by atoms with Gasteiger partial charge in [-0.15, -0.1) is 0 Å². The Labute approximate surface area is 127 Å². The molecule has 0 aliphatic rings. The third-order valence-corrected chi connectivity index (χ3v) is 3.96. The lowest BCUT2D eigenvalue weighted by Crippen LogP contribution is -2.18. The summed E-state index contributed by atoms with van der Waals surface area (Å²) >= 11 is 6.37. The molecule has 2 aromatic carbocycles. The zero-order valence-electron chi connectivity index (χ0n) is 11.8. The summed E-state index contributed by atoms with van der Waals surface area (Å²) in [5.74, 6) is 0. The van der Waals surface area contributed by atoms with Gasteiger partial charge in [-0.2, -0.15) is 0 Å². The Hall–Kier alpha value is -2.04. The van der Waals surface area contributed by atoms with Crippen molar-refractivity contribution in [3.05, 3.63) is 68.6 Å². The van der Waals surface area contributed by atoms with Gasteiger partial charge in [0, 0.05) is 5.02 Å². The van der Waals surface area contributed by atoms with Gasteiger partial charge in [-0.3, -0.25) is 0 Å². The standard InChI is InChI=1S/C16H16ClN3O/c1-9-3-5-11(12(17)7-9)15(18-2)10-4-6-13-14(8-10)20-16(21)19-13/h3-8,15,18H,1-2H3,(H2,19,20,21). The lowest BCUT2D eigenvalue weighted by atomic mass is 9.97. The van der Waals surface area contributed by atoms with Gasteiger partial charge in [0.25, 0.3) is 0 Å². The van der Waals surface area contributed by atoms with Crippen LogP contribution in [0.1, 0.15) is 22.7 Å². The monoisotopic (exact) mass is 301 g/mol. The number of hydrogen-bond acceptors (Lipinski definition) is 2. The van der Waals surface area contributed by atoms with Crippen molar-refractivity contribution < 1.29 is 0 Å². The van der Waals surface area contributed by atoms with Crippen LogP contribution in [0.3, 0.4) is 0 Å². The van der Waals surface area contributed by atoms with Crippen LogP contribution in [0, 0.1) is 6.92 Å². The van der Waals surface area contributed by atoms with E-state index in [0.717, 1.165) is 32.7 Å². The van der Waals surface area contributed by atoms with E-state index in [1.54, 1.807) is 0 Å². The molecule has 0 bridgehead atoms. The molecule has 3 N–H and O–H groups in total. The lowest BCUT2D eigenvalue weighted by Gasteiger charge is -2.19. The molecule has 0 saturated carbocycles. The molecular formula is C16H16ClN3O. The number of halogens is 1. The van der Waals surface area contributed by atoms with E-state index in [0.29, 0.717) is 0 Å².